The molecule has 1 unspecified atom stereocenters. The first-order chi connectivity index (χ1) is 7.36. The van der Waals surface area contributed by atoms with E-state index in [4.69, 9.17) is 5.11 Å². The molecule has 0 aromatic heterocycles. The van der Waals surface area contributed by atoms with Gasteiger partial charge in [-0.25, -0.2) is 12.8 Å². The molecule has 0 aliphatic heterocycles. The number of hydrogen-bond acceptors (Lipinski definition) is 3. The minimum Gasteiger partial charge on any atom is -0.395 e. The van der Waals surface area contributed by atoms with E-state index < -0.39 is 27.7 Å². The molecule has 0 aliphatic carbocycles. The molecule has 1 rings (SSSR count). The molecule has 0 saturated carbocycles. The summed E-state index contributed by atoms with van der Waals surface area (Å²) in [5.41, 5.74) is 0.308. The van der Waals surface area contributed by atoms with Crippen LogP contribution in [0.5, 0.6) is 0 Å². The minimum absolute atomic E-state index is 0.308. The second kappa shape index (κ2) is 5.28. The standard InChI is InChI=1S/C9H11FINO3S/c1-6(5-13)16(14,15)12-9-3-2-7(10)4-8(9)11/h2-4,6,12-13H,5H2,1H3. The summed E-state index contributed by atoms with van der Waals surface area (Å²) in [6.45, 7) is 0.922. The lowest BCUT2D eigenvalue weighted by Crippen LogP contribution is -2.28. The fraction of sp³-hybridized carbons (Fsp3) is 0.333. The van der Waals surface area contributed by atoms with Crippen LogP contribution in [0.15, 0.2) is 18.2 Å². The molecule has 2 N–H and O–H groups in total. The van der Waals surface area contributed by atoms with E-state index in [1.807, 2.05) is 22.6 Å². The van der Waals surface area contributed by atoms with Gasteiger partial charge in [0, 0.05) is 3.57 Å². The Labute approximate surface area is 107 Å². The smallest absolute Gasteiger partial charge is 0.237 e. The summed E-state index contributed by atoms with van der Waals surface area (Å²) in [7, 11) is -3.63. The second-order valence-corrected chi connectivity index (χ2v) is 6.53. The number of anilines is 1. The van der Waals surface area contributed by atoms with E-state index in [0.29, 0.717) is 9.26 Å². The van der Waals surface area contributed by atoms with E-state index in [-0.39, 0.29) is 0 Å². The summed E-state index contributed by atoms with van der Waals surface area (Å²) in [6, 6.07) is 3.74. The SMILES string of the molecule is CC(CO)S(=O)(=O)Nc1ccc(F)cc1I. The average molecular weight is 359 g/mol. The van der Waals surface area contributed by atoms with Crippen molar-refractivity contribution in [3.05, 3.63) is 27.6 Å². The molecule has 4 nitrogen and oxygen atoms in total. The first-order valence-electron chi connectivity index (χ1n) is 4.44. The Balaban J connectivity index is 2.97. The van der Waals surface area contributed by atoms with Crippen LogP contribution >= 0.6 is 22.6 Å². The highest BCUT2D eigenvalue weighted by Crippen LogP contribution is 2.21. The van der Waals surface area contributed by atoms with Crippen LogP contribution in [-0.2, 0) is 10.0 Å². The van der Waals surface area contributed by atoms with E-state index in [9.17, 15) is 12.8 Å². The summed E-state index contributed by atoms with van der Waals surface area (Å²) in [5.74, 6) is -0.428. The van der Waals surface area contributed by atoms with Crippen LogP contribution in [0.2, 0.25) is 0 Å². The summed E-state index contributed by atoms with van der Waals surface area (Å²) in [5, 5.41) is 7.87. The summed E-state index contributed by atoms with van der Waals surface area (Å²) < 4.78 is 38.7. The van der Waals surface area contributed by atoms with Gasteiger partial charge in [0.2, 0.25) is 10.0 Å². The van der Waals surface area contributed by atoms with Gasteiger partial charge in [-0.2, -0.15) is 0 Å². The Morgan fingerprint density at radius 2 is 2.19 bits per heavy atom. The summed E-state index contributed by atoms with van der Waals surface area (Å²) in [4.78, 5) is 0. The molecule has 0 saturated heterocycles. The molecule has 0 heterocycles. The fourth-order valence-electron chi connectivity index (χ4n) is 0.924. The predicted molar refractivity (Wildman–Crippen MR) is 68.2 cm³/mol. The Bertz CT molecular complexity index is 478. The van der Waals surface area contributed by atoms with Crippen molar-refractivity contribution < 1.29 is 17.9 Å². The molecule has 0 radical (unpaired) electrons. The normalized spacial score (nSPS) is 13.5. The summed E-state index contributed by atoms with van der Waals surface area (Å²) >= 11 is 1.83. The largest absolute Gasteiger partial charge is 0.395 e. The van der Waals surface area contributed by atoms with Gasteiger partial charge < -0.3 is 5.11 Å². The van der Waals surface area contributed by atoms with Gasteiger partial charge in [-0.1, -0.05) is 0 Å². The average Bonchev–Trinajstić information content (AvgIpc) is 2.21. The monoisotopic (exact) mass is 359 g/mol. The maximum atomic E-state index is 12.8. The van der Waals surface area contributed by atoms with Crippen LogP contribution in [0.25, 0.3) is 0 Å². The Morgan fingerprint density at radius 1 is 1.56 bits per heavy atom. The third-order valence-corrected chi connectivity index (χ3v) is 4.58. The number of aliphatic hydroxyl groups is 1. The highest BCUT2D eigenvalue weighted by Gasteiger charge is 2.20. The number of benzene rings is 1. The van der Waals surface area contributed by atoms with Gasteiger partial charge in [-0.05, 0) is 47.7 Å². The van der Waals surface area contributed by atoms with Gasteiger partial charge >= 0.3 is 0 Å². The molecular weight excluding hydrogens is 348 g/mol. The third kappa shape index (κ3) is 3.29. The molecule has 16 heavy (non-hydrogen) atoms. The van der Waals surface area contributed by atoms with Gasteiger partial charge in [0.25, 0.3) is 0 Å². The molecule has 1 aromatic carbocycles. The van der Waals surface area contributed by atoms with Crippen LogP contribution < -0.4 is 4.72 Å². The van der Waals surface area contributed by atoms with E-state index >= 15 is 0 Å². The lowest BCUT2D eigenvalue weighted by molar-refractivity contribution is 0.296. The van der Waals surface area contributed by atoms with Crippen molar-refractivity contribution in [2.75, 3.05) is 11.3 Å². The highest BCUT2D eigenvalue weighted by atomic mass is 127. The Morgan fingerprint density at radius 3 is 2.69 bits per heavy atom. The molecule has 1 aromatic rings. The maximum Gasteiger partial charge on any atom is 0.237 e. The lowest BCUT2D eigenvalue weighted by Gasteiger charge is -2.13. The van der Waals surface area contributed by atoms with Crippen molar-refractivity contribution in [2.45, 2.75) is 12.2 Å². The first kappa shape index (κ1) is 13.7. The van der Waals surface area contributed by atoms with Crippen molar-refractivity contribution in [3.63, 3.8) is 0 Å². The summed E-state index contributed by atoms with van der Waals surface area (Å²) in [6.07, 6.45) is 0. The van der Waals surface area contributed by atoms with E-state index in [1.165, 1.54) is 25.1 Å². The zero-order valence-electron chi connectivity index (χ0n) is 8.44. The molecular formula is C9H11FINO3S. The molecule has 90 valence electrons. The van der Waals surface area contributed by atoms with Gasteiger partial charge in [-0.3, -0.25) is 4.72 Å². The third-order valence-electron chi connectivity index (χ3n) is 1.97. The maximum absolute atomic E-state index is 12.8. The van der Waals surface area contributed by atoms with E-state index in [1.54, 1.807) is 0 Å². The molecule has 0 fully saturated rings. The molecule has 0 bridgehead atoms. The topological polar surface area (TPSA) is 66.4 Å². The van der Waals surface area contributed by atoms with Crippen molar-refractivity contribution in [1.82, 2.24) is 0 Å². The zero-order chi connectivity index (χ0) is 12.3. The van der Waals surface area contributed by atoms with Crippen LogP contribution in [-0.4, -0.2) is 25.4 Å². The number of rotatable bonds is 4. The van der Waals surface area contributed by atoms with Crippen LogP contribution in [0.4, 0.5) is 10.1 Å². The van der Waals surface area contributed by atoms with Crippen molar-refractivity contribution in [3.8, 4) is 0 Å². The predicted octanol–water partition coefficient (Wildman–Crippen LogP) is 1.55. The Hall–Kier alpha value is -0.410. The molecule has 0 aliphatic rings. The molecule has 1 atom stereocenters. The number of aliphatic hydroxyl groups excluding tert-OH is 1. The fourth-order valence-corrected chi connectivity index (χ4v) is 2.60. The van der Waals surface area contributed by atoms with E-state index in [2.05, 4.69) is 4.72 Å². The zero-order valence-corrected chi connectivity index (χ0v) is 11.4. The highest BCUT2D eigenvalue weighted by molar-refractivity contribution is 14.1. The van der Waals surface area contributed by atoms with Crippen molar-refractivity contribution in [2.24, 2.45) is 0 Å². The van der Waals surface area contributed by atoms with Gasteiger partial charge in [0.05, 0.1) is 12.3 Å². The van der Waals surface area contributed by atoms with E-state index in [0.717, 1.165) is 0 Å². The molecule has 0 amide bonds. The van der Waals surface area contributed by atoms with Crippen LogP contribution in [0.3, 0.4) is 0 Å². The Kier molecular flexibility index (Phi) is 4.51. The second-order valence-electron chi connectivity index (χ2n) is 3.26. The van der Waals surface area contributed by atoms with Crippen molar-refractivity contribution in [1.29, 1.82) is 0 Å². The van der Waals surface area contributed by atoms with Crippen LogP contribution in [0.1, 0.15) is 6.92 Å². The van der Waals surface area contributed by atoms with Crippen molar-refractivity contribution >= 4 is 38.3 Å². The van der Waals surface area contributed by atoms with Gasteiger partial charge in [0.1, 0.15) is 11.1 Å². The van der Waals surface area contributed by atoms with Crippen LogP contribution in [0, 0.1) is 9.39 Å². The molecule has 7 heteroatoms. The van der Waals surface area contributed by atoms with Gasteiger partial charge in [-0.15, -0.1) is 0 Å². The van der Waals surface area contributed by atoms with Gasteiger partial charge in [0.15, 0.2) is 0 Å². The minimum atomic E-state index is -3.63. The number of hydrogen-bond donors (Lipinski definition) is 2. The number of halogens is 2. The molecule has 0 spiro atoms. The lowest BCUT2D eigenvalue weighted by atomic mass is 10.3. The quantitative estimate of drug-likeness (QED) is 0.802. The number of sulfonamides is 1. The number of nitrogens with one attached hydrogen (secondary N) is 1. The first-order valence-corrected chi connectivity index (χ1v) is 7.07.